The highest BCUT2D eigenvalue weighted by Gasteiger charge is 2.29. The van der Waals surface area contributed by atoms with Crippen LogP contribution in [0.1, 0.15) is 38.9 Å². The molecule has 2 rings (SSSR count). The number of hydrogen-bond donors (Lipinski definition) is 1. The zero-order valence-corrected chi connectivity index (χ0v) is 10.4. The first kappa shape index (κ1) is 11.4. The molecule has 0 amide bonds. The average molecular weight is 219 g/mol. The standard InChI is InChI=1S/C13H21N3/c1-10(14)12-5-4-11(8-15-12)16-7-6-13(2,3)9-16/h4-5,8,10H,6-7,9,14H2,1-3H3. The summed E-state index contributed by atoms with van der Waals surface area (Å²) in [5.41, 5.74) is 8.39. The molecule has 1 unspecified atom stereocenters. The summed E-state index contributed by atoms with van der Waals surface area (Å²) < 4.78 is 0. The van der Waals surface area contributed by atoms with E-state index in [4.69, 9.17) is 5.73 Å². The van der Waals surface area contributed by atoms with Gasteiger partial charge in [0.05, 0.1) is 17.6 Å². The number of aromatic nitrogens is 1. The minimum absolute atomic E-state index is 0.0177. The molecule has 0 bridgehead atoms. The van der Waals surface area contributed by atoms with Crippen molar-refractivity contribution in [1.82, 2.24) is 4.98 Å². The number of anilines is 1. The Kier molecular flexibility index (Phi) is 2.89. The number of nitrogens with two attached hydrogens (primary N) is 1. The van der Waals surface area contributed by atoms with E-state index in [2.05, 4.69) is 29.8 Å². The summed E-state index contributed by atoms with van der Waals surface area (Å²) in [6.07, 6.45) is 3.20. The van der Waals surface area contributed by atoms with Crippen LogP contribution in [-0.2, 0) is 0 Å². The van der Waals surface area contributed by atoms with Crippen molar-refractivity contribution in [2.45, 2.75) is 33.2 Å². The van der Waals surface area contributed by atoms with Crippen molar-refractivity contribution in [3.63, 3.8) is 0 Å². The second-order valence-electron chi connectivity index (χ2n) is 5.57. The number of hydrogen-bond acceptors (Lipinski definition) is 3. The Balaban J connectivity index is 2.11. The molecule has 0 saturated carbocycles. The van der Waals surface area contributed by atoms with Crippen molar-refractivity contribution in [1.29, 1.82) is 0 Å². The van der Waals surface area contributed by atoms with Gasteiger partial charge in [-0.05, 0) is 30.9 Å². The number of nitrogens with zero attached hydrogens (tertiary/aromatic N) is 2. The van der Waals surface area contributed by atoms with Crippen molar-refractivity contribution >= 4 is 5.69 Å². The Morgan fingerprint density at radius 3 is 2.62 bits per heavy atom. The molecule has 0 spiro atoms. The molecular formula is C13H21N3. The Hall–Kier alpha value is -1.09. The molecule has 1 saturated heterocycles. The van der Waals surface area contributed by atoms with Crippen LogP contribution in [0.25, 0.3) is 0 Å². The van der Waals surface area contributed by atoms with E-state index >= 15 is 0 Å². The van der Waals surface area contributed by atoms with Gasteiger partial charge in [0.2, 0.25) is 0 Å². The second-order valence-corrected chi connectivity index (χ2v) is 5.57. The van der Waals surface area contributed by atoms with Gasteiger partial charge in [0.1, 0.15) is 0 Å². The van der Waals surface area contributed by atoms with Gasteiger partial charge in [-0.2, -0.15) is 0 Å². The molecule has 1 aliphatic rings. The summed E-state index contributed by atoms with van der Waals surface area (Å²) in [6.45, 7) is 8.84. The van der Waals surface area contributed by atoms with E-state index in [-0.39, 0.29) is 6.04 Å². The van der Waals surface area contributed by atoms with Crippen LogP contribution in [0.4, 0.5) is 5.69 Å². The highest BCUT2D eigenvalue weighted by molar-refractivity contribution is 5.46. The first-order valence-electron chi connectivity index (χ1n) is 5.94. The quantitative estimate of drug-likeness (QED) is 0.830. The summed E-state index contributed by atoms with van der Waals surface area (Å²) >= 11 is 0. The Bertz CT molecular complexity index is 354. The van der Waals surface area contributed by atoms with E-state index in [0.717, 1.165) is 18.8 Å². The van der Waals surface area contributed by atoms with Crippen molar-refractivity contribution in [3.05, 3.63) is 24.0 Å². The third-order valence-electron chi connectivity index (χ3n) is 3.28. The molecule has 3 nitrogen and oxygen atoms in total. The summed E-state index contributed by atoms with van der Waals surface area (Å²) in [5.74, 6) is 0. The van der Waals surface area contributed by atoms with Gasteiger partial charge in [-0.25, -0.2) is 0 Å². The van der Waals surface area contributed by atoms with E-state index in [0.29, 0.717) is 5.41 Å². The van der Waals surface area contributed by atoms with Gasteiger partial charge in [-0.1, -0.05) is 13.8 Å². The molecule has 2 heterocycles. The minimum atomic E-state index is 0.0177. The zero-order valence-electron chi connectivity index (χ0n) is 10.4. The topological polar surface area (TPSA) is 42.1 Å². The summed E-state index contributed by atoms with van der Waals surface area (Å²) in [5, 5.41) is 0. The number of rotatable bonds is 2. The van der Waals surface area contributed by atoms with Crippen molar-refractivity contribution in [2.24, 2.45) is 11.1 Å². The van der Waals surface area contributed by atoms with Crippen LogP contribution in [-0.4, -0.2) is 18.1 Å². The van der Waals surface area contributed by atoms with Crippen LogP contribution in [0.3, 0.4) is 0 Å². The summed E-state index contributed by atoms with van der Waals surface area (Å²) in [4.78, 5) is 6.80. The van der Waals surface area contributed by atoms with Gasteiger partial charge < -0.3 is 10.6 Å². The first-order valence-corrected chi connectivity index (χ1v) is 5.94. The molecule has 1 aromatic heterocycles. The van der Waals surface area contributed by atoms with E-state index in [1.54, 1.807) is 0 Å². The Morgan fingerprint density at radius 2 is 2.19 bits per heavy atom. The van der Waals surface area contributed by atoms with E-state index in [1.165, 1.54) is 12.1 Å². The molecule has 0 aromatic carbocycles. The molecule has 1 atom stereocenters. The minimum Gasteiger partial charge on any atom is -0.370 e. The lowest BCUT2D eigenvalue weighted by molar-refractivity contribution is 0.418. The van der Waals surface area contributed by atoms with Gasteiger partial charge in [0.15, 0.2) is 0 Å². The molecule has 1 fully saturated rings. The number of pyridine rings is 1. The predicted octanol–water partition coefficient (Wildman–Crippen LogP) is 2.34. The van der Waals surface area contributed by atoms with Crippen LogP contribution in [0.15, 0.2) is 18.3 Å². The maximum atomic E-state index is 5.78. The van der Waals surface area contributed by atoms with E-state index in [1.807, 2.05) is 19.2 Å². The first-order chi connectivity index (χ1) is 7.48. The molecule has 3 heteroatoms. The third kappa shape index (κ3) is 2.35. The van der Waals surface area contributed by atoms with Crippen LogP contribution < -0.4 is 10.6 Å². The van der Waals surface area contributed by atoms with Crippen molar-refractivity contribution < 1.29 is 0 Å². The lowest BCUT2D eigenvalue weighted by Crippen LogP contribution is -2.22. The lowest BCUT2D eigenvalue weighted by Gasteiger charge is -2.21. The molecule has 88 valence electrons. The molecule has 0 radical (unpaired) electrons. The van der Waals surface area contributed by atoms with Gasteiger partial charge in [-0.15, -0.1) is 0 Å². The maximum Gasteiger partial charge on any atom is 0.0569 e. The second kappa shape index (κ2) is 4.06. The van der Waals surface area contributed by atoms with Crippen LogP contribution >= 0.6 is 0 Å². The predicted molar refractivity (Wildman–Crippen MR) is 67.5 cm³/mol. The van der Waals surface area contributed by atoms with Crippen molar-refractivity contribution in [2.75, 3.05) is 18.0 Å². The fourth-order valence-electron chi connectivity index (χ4n) is 2.19. The molecule has 1 aliphatic heterocycles. The third-order valence-corrected chi connectivity index (χ3v) is 3.28. The monoisotopic (exact) mass is 219 g/mol. The van der Waals surface area contributed by atoms with Gasteiger partial charge >= 0.3 is 0 Å². The van der Waals surface area contributed by atoms with Crippen molar-refractivity contribution in [3.8, 4) is 0 Å². The summed E-state index contributed by atoms with van der Waals surface area (Å²) in [7, 11) is 0. The summed E-state index contributed by atoms with van der Waals surface area (Å²) in [6, 6.07) is 4.18. The maximum absolute atomic E-state index is 5.78. The van der Waals surface area contributed by atoms with Gasteiger partial charge in [0.25, 0.3) is 0 Å². The highest BCUT2D eigenvalue weighted by Crippen LogP contribution is 2.32. The fourth-order valence-corrected chi connectivity index (χ4v) is 2.19. The Morgan fingerprint density at radius 1 is 1.44 bits per heavy atom. The molecular weight excluding hydrogens is 198 g/mol. The lowest BCUT2D eigenvalue weighted by atomic mass is 9.93. The largest absolute Gasteiger partial charge is 0.370 e. The van der Waals surface area contributed by atoms with E-state index < -0.39 is 0 Å². The fraction of sp³-hybridized carbons (Fsp3) is 0.615. The normalized spacial score (nSPS) is 21.1. The Labute approximate surface area is 97.7 Å². The molecule has 16 heavy (non-hydrogen) atoms. The molecule has 2 N–H and O–H groups in total. The average Bonchev–Trinajstić information content (AvgIpc) is 2.59. The highest BCUT2D eigenvalue weighted by atomic mass is 15.2. The SMILES string of the molecule is CC(N)c1ccc(N2CCC(C)(C)C2)cn1. The smallest absolute Gasteiger partial charge is 0.0569 e. The van der Waals surface area contributed by atoms with Crippen LogP contribution in [0.5, 0.6) is 0 Å². The van der Waals surface area contributed by atoms with Gasteiger partial charge in [0, 0.05) is 19.1 Å². The van der Waals surface area contributed by atoms with Crippen LogP contribution in [0, 0.1) is 5.41 Å². The molecule has 0 aliphatic carbocycles. The zero-order chi connectivity index (χ0) is 11.8. The van der Waals surface area contributed by atoms with Gasteiger partial charge in [-0.3, -0.25) is 4.98 Å². The molecule has 1 aromatic rings. The van der Waals surface area contributed by atoms with E-state index in [9.17, 15) is 0 Å². The van der Waals surface area contributed by atoms with Crippen LogP contribution in [0.2, 0.25) is 0 Å².